The molecule has 1 nitrogen and oxygen atoms in total. The first-order chi connectivity index (χ1) is 8.94. The molecule has 102 valence electrons. The van der Waals surface area contributed by atoms with Crippen molar-refractivity contribution in [2.45, 2.75) is 48.9 Å². The van der Waals surface area contributed by atoms with Crippen LogP contribution in [0.3, 0.4) is 0 Å². The van der Waals surface area contributed by atoms with Gasteiger partial charge >= 0.3 is 0 Å². The van der Waals surface area contributed by atoms with E-state index < -0.39 is 0 Å². The predicted octanol–water partition coefficient (Wildman–Crippen LogP) is 5.10. The van der Waals surface area contributed by atoms with Gasteiger partial charge in [-0.1, -0.05) is 35.5 Å². The Morgan fingerprint density at radius 2 is 2.00 bits per heavy atom. The van der Waals surface area contributed by atoms with Crippen molar-refractivity contribution in [3.8, 4) is 0 Å². The minimum absolute atomic E-state index is 0.147. The largest absolute Gasteiger partial charge is 0.308 e. The fraction of sp³-hybridized carbons (Fsp3) is 0.375. The van der Waals surface area contributed by atoms with Gasteiger partial charge in [-0.25, -0.2) is 0 Å². The highest BCUT2D eigenvalue weighted by molar-refractivity contribution is 8.01. The maximum absolute atomic E-state index is 3.58. The Hall–Kier alpha value is -0.770. The zero-order chi connectivity index (χ0) is 13.9. The summed E-state index contributed by atoms with van der Waals surface area (Å²) in [6, 6.07) is 11.0. The van der Waals surface area contributed by atoms with Gasteiger partial charge in [-0.2, -0.15) is 0 Å². The minimum atomic E-state index is 0.147. The number of aryl methyl sites for hydroxylation is 1. The van der Waals surface area contributed by atoms with Crippen molar-refractivity contribution in [3.63, 3.8) is 0 Å². The number of hydrogen-bond donors (Lipinski definition) is 1. The fourth-order valence-corrected chi connectivity index (χ4v) is 3.57. The van der Waals surface area contributed by atoms with Gasteiger partial charge in [0.25, 0.3) is 0 Å². The highest BCUT2D eigenvalue weighted by atomic mass is 32.2. The van der Waals surface area contributed by atoms with E-state index in [1.807, 2.05) is 11.8 Å². The molecule has 3 heteroatoms. The van der Waals surface area contributed by atoms with Crippen LogP contribution in [-0.2, 0) is 6.54 Å². The van der Waals surface area contributed by atoms with E-state index in [2.05, 4.69) is 68.7 Å². The summed E-state index contributed by atoms with van der Waals surface area (Å²) in [5.74, 6) is 0. The highest BCUT2D eigenvalue weighted by Gasteiger charge is 2.11. The standard InChI is InChI=1S/C16H21NS2/c1-12-7-8-14(19-15-6-5-9-18-15)13(10-12)11-17-16(2,3)4/h5-10,17H,11H2,1-4H3. The number of nitrogens with one attached hydrogen (secondary N) is 1. The van der Waals surface area contributed by atoms with Crippen molar-refractivity contribution < 1.29 is 0 Å². The lowest BCUT2D eigenvalue weighted by Gasteiger charge is -2.21. The second kappa shape index (κ2) is 6.12. The molecule has 0 aliphatic heterocycles. The molecule has 1 N–H and O–H groups in total. The summed E-state index contributed by atoms with van der Waals surface area (Å²) in [5, 5.41) is 5.70. The molecule has 0 saturated carbocycles. The van der Waals surface area contributed by atoms with Gasteiger partial charge in [-0.15, -0.1) is 11.3 Å². The predicted molar refractivity (Wildman–Crippen MR) is 86.2 cm³/mol. The molecule has 2 rings (SSSR count). The molecule has 19 heavy (non-hydrogen) atoms. The van der Waals surface area contributed by atoms with E-state index in [0.29, 0.717) is 0 Å². The summed E-state index contributed by atoms with van der Waals surface area (Å²) in [6.07, 6.45) is 0. The van der Waals surface area contributed by atoms with Crippen LogP contribution in [0.2, 0.25) is 0 Å². The SMILES string of the molecule is Cc1ccc(Sc2cccs2)c(CNC(C)(C)C)c1. The Balaban J connectivity index is 2.18. The average molecular weight is 291 g/mol. The topological polar surface area (TPSA) is 12.0 Å². The highest BCUT2D eigenvalue weighted by Crippen LogP contribution is 2.34. The van der Waals surface area contributed by atoms with Gasteiger partial charge in [0.05, 0.1) is 4.21 Å². The van der Waals surface area contributed by atoms with Gasteiger partial charge in [0.15, 0.2) is 0 Å². The van der Waals surface area contributed by atoms with Gasteiger partial charge in [0, 0.05) is 17.0 Å². The molecular weight excluding hydrogens is 270 g/mol. The van der Waals surface area contributed by atoms with Crippen molar-refractivity contribution in [2.24, 2.45) is 0 Å². The fourth-order valence-electron chi connectivity index (χ4n) is 1.74. The lowest BCUT2D eigenvalue weighted by molar-refractivity contribution is 0.422. The normalized spacial score (nSPS) is 11.8. The van der Waals surface area contributed by atoms with E-state index in [1.165, 1.54) is 20.2 Å². The van der Waals surface area contributed by atoms with E-state index in [0.717, 1.165) is 6.54 Å². The summed E-state index contributed by atoms with van der Waals surface area (Å²) in [6.45, 7) is 9.68. The Morgan fingerprint density at radius 3 is 2.63 bits per heavy atom. The summed E-state index contributed by atoms with van der Waals surface area (Å²) in [4.78, 5) is 1.35. The molecule has 0 saturated heterocycles. The van der Waals surface area contributed by atoms with Crippen LogP contribution >= 0.6 is 23.1 Å². The van der Waals surface area contributed by atoms with Gasteiger partial charge in [0.2, 0.25) is 0 Å². The Labute approximate surface area is 124 Å². The van der Waals surface area contributed by atoms with Crippen molar-refractivity contribution >= 4 is 23.1 Å². The van der Waals surface area contributed by atoms with Crippen LogP contribution in [0.25, 0.3) is 0 Å². The minimum Gasteiger partial charge on any atom is -0.308 e. The Morgan fingerprint density at radius 1 is 1.21 bits per heavy atom. The van der Waals surface area contributed by atoms with Crippen LogP contribution in [0.5, 0.6) is 0 Å². The lowest BCUT2D eigenvalue weighted by atomic mass is 10.1. The average Bonchev–Trinajstić information content (AvgIpc) is 2.81. The molecule has 0 radical (unpaired) electrons. The summed E-state index contributed by atoms with van der Waals surface area (Å²) < 4.78 is 1.35. The first-order valence-electron chi connectivity index (χ1n) is 6.50. The molecule has 2 aromatic rings. The second-order valence-electron chi connectivity index (χ2n) is 5.75. The second-order valence-corrected chi connectivity index (χ2v) is 8.04. The molecular formula is C16H21NS2. The maximum Gasteiger partial charge on any atom is 0.0646 e. The summed E-state index contributed by atoms with van der Waals surface area (Å²) >= 11 is 3.66. The zero-order valence-electron chi connectivity index (χ0n) is 12.0. The first kappa shape index (κ1) is 14.6. The Kier molecular flexibility index (Phi) is 4.71. The van der Waals surface area contributed by atoms with Crippen LogP contribution in [0.15, 0.2) is 44.8 Å². The van der Waals surface area contributed by atoms with Crippen LogP contribution in [-0.4, -0.2) is 5.54 Å². The molecule has 0 atom stereocenters. The van der Waals surface area contributed by atoms with Gasteiger partial charge in [-0.05, 0) is 50.8 Å². The zero-order valence-corrected chi connectivity index (χ0v) is 13.6. The van der Waals surface area contributed by atoms with E-state index in [4.69, 9.17) is 0 Å². The molecule has 1 heterocycles. The molecule has 0 spiro atoms. The van der Waals surface area contributed by atoms with Gasteiger partial charge in [0.1, 0.15) is 0 Å². The van der Waals surface area contributed by atoms with Crippen molar-refractivity contribution in [3.05, 3.63) is 46.8 Å². The molecule has 0 unspecified atom stereocenters. The third-order valence-corrected chi connectivity index (χ3v) is 4.89. The lowest BCUT2D eigenvalue weighted by Crippen LogP contribution is -2.35. The molecule has 0 fully saturated rings. The molecule has 0 amide bonds. The molecule has 1 aromatic carbocycles. The summed E-state index contributed by atoms with van der Waals surface area (Å²) in [5.41, 5.74) is 2.85. The van der Waals surface area contributed by atoms with Crippen LogP contribution < -0.4 is 5.32 Å². The maximum atomic E-state index is 3.58. The monoisotopic (exact) mass is 291 g/mol. The van der Waals surface area contributed by atoms with Crippen molar-refractivity contribution in [2.75, 3.05) is 0 Å². The molecule has 0 bridgehead atoms. The quantitative estimate of drug-likeness (QED) is 0.841. The molecule has 0 aliphatic rings. The van der Waals surface area contributed by atoms with E-state index in [-0.39, 0.29) is 5.54 Å². The van der Waals surface area contributed by atoms with E-state index in [1.54, 1.807) is 11.3 Å². The van der Waals surface area contributed by atoms with E-state index >= 15 is 0 Å². The summed E-state index contributed by atoms with van der Waals surface area (Å²) in [7, 11) is 0. The smallest absolute Gasteiger partial charge is 0.0646 e. The van der Waals surface area contributed by atoms with Gasteiger partial charge in [-0.3, -0.25) is 0 Å². The molecule has 0 aliphatic carbocycles. The van der Waals surface area contributed by atoms with Crippen molar-refractivity contribution in [1.82, 2.24) is 5.32 Å². The number of benzene rings is 1. The first-order valence-corrected chi connectivity index (χ1v) is 8.19. The third kappa shape index (κ3) is 4.68. The van der Waals surface area contributed by atoms with Crippen LogP contribution in [0.1, 0.15) is 31.9 Å². The van der Waals surface area contributed by atoms with E-state index in [9.17, 15) is 0 Å². The van der Waals surface area contributed by atoms with Crippen LogP contribution in [0.4, 0.5) is 0 Å². The number of rotatable bonds is 4. The third-order valence-electron chi connectivity index (χ3n) is 2.73. The van der Waals surface area contributed by atoms with Gasteiger partial charge < -0.3 is 5.32 Å². The molecule has 1 aromatic heterocycles. The van der Waals surface area contributed by atoms with Crippen LogP contribution in [0, 0.1) is 6.92 Å². The number of thiophene rings is 1. The number of hydrogen-bond acceptors (Lipinski definition) is 3. The van der Waals surface area contributed by atoms with Crippen molar-refractivity contribution in [1.29, 1.82) is 0 Å². The Bertz CT molecular complexity index is 524.